The van der Waals surface area contributed by atoms with Crippen molar-refractivity contribution in [2.45, 2.75) is 0 Å². The van der Waals surface area contributed by atoms with Crippen LogP contribution in [0.25, 0.3) is 5.57 Å². The van der Waals surface area contributed by atoms with Gasteiger partial charge in [-0.25, -0.2) is 13.7 Å². The van der Waals surface area contributed by atoms with Gasteiger partial charge in [-0.05, 0) is 17.7 Å². The molecule has 26 heavy (non-hydrogen) atoms. The number of aliphatic hydroxyl groups is 1. The predicted octanol–water partition coefficient (Wildman–Crippen LogP) is 2.17. The lowest BCUT2D eigenvalue weighted by Gasteiger charge is -2.20. The molecule has 2 aromatic carbocycles. The molecule has 0 saturated heterocycles. The highest BCUT2D eigenvalue weighted by molar-refractivity contribution is 6.45. The zero-order chi connectivity index (χ0) is 18.8. The van der Waals surface area contributed by atoms with Gasteiger partial charge in [-0.15, -0.1) is 0 Å². The van der Waals surface area contributed by atoms with Crippen molar-refractivity contribution in [1.82, 2.24) is 4.90 Å². The Morgan fingerprint density at radius 2 is 1.69 bits per heavy atom. The Labute approximate surface area is 148 Å². The zero-order valence-electron chi connectivity index (χ0n) is 13.9. The van der Waals surface area contributed by atoms with E-state index in [-0.39, 0.29) is 30.1 Å². The number of amides is 2. The van der Waals surface area contributed by atoms with Gasteiger partial charge in [0.15, 0.2) is 11.6 Å². The van der Waals surface area contributed by atoms with Gasteiger partial charge in [0.2, 0.25) is 0 Å². The minimum Gasteiger partial charge on any atom is -0.395 e. The predicted molar refractivity (Wildman–Crippen MR) is 91.9 cm³/mol. The molecule has 5 nitrogen and oxygen atoms in total. The third kappa shape index (κ3) is 2.97. The van der Waals surface area contributed by atoms with Crippen LogP contribution in [0.3, 0.4) is 0 Å². The lowest BCUT2D eigenvalue weighted by atomic mass is 10.0. The van der Waals surface area contributed by atoms with Crippen molar-refractivity contribution in [1.29, 1.82) is 0 Å². The Hall–Kier alpha value is -3.06. The summed E-state index contributed by atoms with van der Waals surface area (Å²) in [5, 5.41) is 9.19. The monoisotopic (exact) mass is 358 g/mol. The number of anilines is 1. The summed E-state index contributed by atoms with van der Waals surface area (Å²) in [5.74, 6) is -3.51. The van der Waals surface area contributed by atoms with Gasteiger partial charge in [-0.3, -0.25) is 9.59 Å². The van der Waals surface area contributed by atoms with Crippen molar-refractivity contribution in [2.75, 3.05) is 25.1 Å². The fraction of sp³-hybridized carbons (Fsp3) is 0.158. The standard InChI is InChI=1S/C19H16F2N2O3/c1-22(9-10-24)17-16(12-5-3-2-4-6-12)18(25)23(19(17)26)13-7-8-14(20)15(21)11-13/h2-8,11,24H,9-10H2,1H3. The molecule has 0 unspecified atom stereocenters. The molecule has 1 N–H and O–H groups in total. The summed E-state index contributed by atoms with van der Waals surface area (Å²) < 4.78 is 26.8. The number of aliphatic hydroxyl groups excluding tert-OH is 1. The van der Waals surface area contributed by atoms with Gasteiger partial charge in [0.25, 0.3) is 11.8 Å². The van der Waals surface area contributed by atoms with Crippen molar-refractivity contribution in [2.24, 2.45) is 0 Å². The molecule has 0 aromatic heterocycles. The van der Waals surface area contributed by atoms with Gasteiger partial charge < -0.3 is 10.0 Å². The second-order valence-corrected chi connectivity index (χ2v) is 5.78. The highest BCUT2D eigenvalue weighted by Gasteiger charge is 2.41. The summed E-state index contributed by atoms with van der Waals surface area (Å²) in [6.45, 7) is -0.0784. The van der Waals surface area contributed by atoms with E-state index in [4.69, 9.17) is 0 Å². The number of carbonyl (C=O) groups is 2. The van der Waals surface area contributed by atoms with Crippen molar-refractivity contribution in [3.63, 3.8) is 0 Å². The van der Waals surface area contributed by atoms with Crippen molar-refractivity contribution >= 4 is 23.1 Å². The van der Waals surface area contributed by atoms with Crippen LogP contribution in [0.5, 0.6) is 0 Å². The maximum Gasteiger partial charge on any atom is 0.282 e. The second kappa shape index (κ2) is 7.05. The van der Waals surface area contributed by atoms with Gasteiger partial charge >= 0.3 is 0 Å². The Morgan fingerprint density at radius 3 is 2.31 bits per heavy atom. The molecule has 1 aliphatic rings. The summed E-state index contributed by atoms with van der Waals surface area (Å²) in [6, 6.07) is 11.4. The number of hydrogen-bond acceptors (Lipinski definition) is 4. The average Bonchev–Trinajstić information content (AvgIpc) is 2.89. The molecule has 0 aliphatic carbocycles. The first-order valence-electron chi connectivity index (χ1n) is 7.91. The summed E-state index contributed by atoms with van der Waals surface area (Å²) >= 11 is 0. The molecule has 1 aliphatic heterocycles. The minimum atomic E-state index is -1.15. The van der Waals surface area contributed by atoms with Gasteiger partial charge in [0.1, 0.15) is 5.70 Å². The first-order chi connectivity index (χ1) is 12.5. The van der Waals surface area contributed by atoms with Crippen molar-refractivity contribution in [3.8, 4) is 0 Å². The number of rotatable bonds is 5. The highest BCUT2D eigenvalue weighted by atomic mass is 19.2. The summed E-state index contributed by atoms with van der Waals surface area (Å²) in [6.07, 6.45) is 0. The SMILES string of the molecule is CN(CCO)C1=C(c2ccccc2)C(=O)N(c2ccc(F)c(F)c2)C1=O. The van der Waals surface area contributed by atoms with Crippen LogP contribution in [-0.2, 0) is 9.59 Å². The van der Waals surface area contributed by atoms with E-state index in [9.17, 15) is 23.5 Å². The number of benzene rings is 2. The molecule has 0 spiro atoms. The fourth-order valence-electron chi connectivity index (χ4n) is 2.86. The van der Waals surface area contributed by atoms with Gasteiger partial charge in [0.05, 0.1) is 17.9 Å². The molecule has 3 rings (SSSR count). The Kier molecular flexibility index (Phi) is 4.81. The van der Waals surface area contributed by atoms with E-state index in [0.717, 1.165) is 17.0 Å². The highest BCUT2D eigenvalue weighted by Crippen LogP contribution is 2.34. The minimum absolute atomic E-state index is 0.0558. The van der Waals surface area contributed by atoms with Crippen LogP contribution in [-0.4, -0.2) is 42.0 Å². The number of carbonyl (C=O) groups excluding carboxylic acids is 2. The molecule has 0 fully saturated rings. The van der Waals surface area contributed by atoms with Crippen LogP contribution in [0.2, 0.25) is 0 Å². The molecule has 7 heteroatoms. The number of nitrogens with zero attached hydrogens (tertiary/aromatic N) is 2. The van der Waals surface area contributed by atoms with E-state index in [1.165, 1.54) is 11.0 Å². The second-order valence-electron chi connectivity index (χ2n) is 5.78. The molecular formula is C19H16F2N2O3. The van der Waals surface area contributed by atoms with E-state index in [2.05, 4.69) is 0 Å². The molecule has 0 bridgehead atoms. The third-order valence-electron chi connectivity index (χ3n) is 4.10. The number of imide groups is 1. The van der Waals surface area contributed by atoms with Crippen LogP contribution in [0, 0.1) is 11.6 Å². The van der Waals surface area contributed by atoms with Crippen molar-refractivity contribution < 1.29 is 23.5 Å². The number of likely N-dealkylation sites (N-methyl/N-ethyl adjacent to an activating group) is 1. The lowest BCUT2D eigenvalue weighted by molar-refractivity contribution is -0.120. The van der Waals surface area contributed by atoms with Crippen molar-refractivity contribution in [3.05, 3.63) is 71.4 Å². The molecule has 0 atom stereocenters. The smallest absolute Gasteiger partial charge is 0.282 e. The van der Waals surface area contributed by atoms with E-state index in [0.29, 0.717) is 5.56 Å². The van der Waals surface area contributed by atoms with E-state index < -0.39 is 23.4 Å². The Bertz CT molecular complexity index is 897. The molecular weight excluding hydrogens is 342 g/mol. The maximum absolute atomic E-state index is 13.6. The molecule has 0 radical (unpaired) electrons. The molecule has 1 heterocycles. The number of halogens is 2. The van der Waals surface area contributed by atoms with Gasteiger partial charge in [-0.1, -0.05) is 30.3 Å². The van der Waals surface area contributed by atoms with Gasteiger partial charge in [0, 0.05) is 19.7 Å². The average molecular weight is 358 g/mol. The maximum atomic E-state index is 13.6. The topological polar surface area (TPSA) is 60.9 Å². The Morgan fingerprint density at radius 1 is 1.00 bits per heavy atom. The lowest BCUT2D eigenvalue weighted by Crippen LogP contribution is -2.35. The molecule has 2 aromatic rings. The van der Waals surface area contributed by atoms with E-state index >= 15 is 0 Å². The van der Waals surface area contributed by atoms with Crippen LogP contribution < -0.4 is 4.90 Å². The molecule has 134 valence electrons. The van der Waals surface area contributed by atoms with E-state index in [1.54, 1.807) is 37.4 Å². The van der Waals surface area contributed by atoms with Crippen LogP contribution in [0.1, 0.15) is 5.56 Å². The van der Waals surface area contributed by atoms with E-state index in [1.807, 2.05) is 0 Å². The third-order valence-corrected chi connectivity index (χ3v) is 4.10. The quantitative estimate of drug-likeness (QED) is 0.833. The largest absolute Gasteiger partial charge is 0.395 e. The zero-order valence-corrected chi connectivity index (χ0v) is 13.9. The van der Waals surface area contributed by atoms with Crippen LogP contribution in [0.15, 0.2) is 54.2 Å². The fourth-order valence-corrected chi connectivity index (χ4v) is 2.86. The normalized spacial score (nSPS) is 14.4. The molecule has 2 amide bonds. The molecule has 0 saturated carbocycles. The van der Waals surface area contributed by atoms with Crippen LogP contribution >= 0.6 is 0 Å². The Balaban J connectivity index is 2.12. The summed E-state index contributed by atoms with van der Waals surface area (Å²) in [7, 11) is 1.58. The summed E-state index contributed by atoms with van der Waals surface area (Å²) in [4.78, 5) is 28.2. The van der Waals surface area contributed by atoms with Gasteiger partial charge in [-0.2, -0.15) is 0 Å². The number of hydrogen-bond donors (Lipinski definition) is 1. The van der Waals surface area contributed by atoms with Crippen LogP contribution in [0.4, 0.5) is 14.5 Å². The first kappa shape index (κ1) is 17.8. The first-order valence-corrected chi connectivity index (χ1v) is 7.91. The summed E-state index contributed by atoms with van der Waals surface area (Å²) in [5.41, 5.74) is 0.715.